The quantitative estimate of drug-likeness (QED) is 0.225. The summed E-state index contributed by atoms with van der Waals surface area (Å²) < 4.78 is 29.6. The molecule has 0 fully saturated rings. The van der Waals surface area contributed by atoms with E-state index < -0.39 is 23.3 Å². The van der Waals surface area contributed by atoms with Gasteiger partial charge in [0.1, 0.15) is 29.9 Å². The summed E-state index contributed by atoms with van der Waals surface area (Å²) in [4.78, 5) is 8.22. The molecule has 2 aromatic heterocycles. The molecule has 0 aliphatic heterocycles. The maximum Gasteiger partial charge on any atom is 0.188 e. The highest BCUT2D eigenvalue weighted by Gasteiger charge is 2.42. The van der Waals surface area contributed by atoms with Crippen molar-refractivity contribution in [2.45, 2.75) is 25.1 Å². The number of benzene rings is 2. The molecule has 0 amide bonds. The number of aromatic nitrogens is 4. The van der Waals surface area contributed by atoms with Gasteiger partial charge in [0.2, 0.25) is 0 Å². The van der Waals surface area contributed by atoms with E-state index in [9.17, 15) is 13.9 Å². The molecule has 0 aliphatic carbocycles. The summed E-state index contributed by atoms with van der Waals surface area (Å²) in [6.45, 7) is 1.37. The Bertz CT molecular complexity index is 1290. The lowest BCUT2D eigenvalue weighted by molar-refractivity contribution is -0.0457. The fraction of sp³-hybridized carbons (Fsp3) is 0.182. The van der Waals surface area contributed by atoms with Crippen molar-refractivity contribution >= 4 is 33.9 Å². The van der Waals surface area contributed by atoms with Crippen LogP contribution in [0.4, 0.5) is 14.5 Å². The lowest BCUT2D eigenvalue weighted by Gasteiger charge is -2.40. The van der Waals surface area contributed by atoms with Crippen LogP contribution in [0, 0.1) is 11.6 Å². The van der Waals surface area contributed by atoms with E-state index in [1.54, 1.807) is 13.1 Å². The standard InChI is InChI=1S/C22H21F2N7OS/c1-14(31(25)21(33)29-17-8-15-4-2-3-5-20(15)27-10-17)22(32,11-30-13-26-12-28-30)18-7-6-16(23)9-19(18)24/h2-10,12-14,32H,11,25H2,1H3,(H,29,33). The second-order valence-corrected chi connectivity index (χ2v) is 7.96. The van der Waals surface area contributed by atoms with Gasteiger partial charge in [0.25, 0.3) is 0 Å². The van der Waals surface area contributed by atoms with Gasteiger partial charge in [-0.25, -0.2) is 24.3 Å². The summed E-state index contributed by atoms with van der Waals surface area (Å²) in [5.74, 6) is 4.57. The summed E-state index contributed by atoms with van der Waals surface area (Å²) in [6.07, 6.45) is 4.26. The maximum absolute atomic E-state index is 14.7. The molecule has 0 spiro atoms. The van der Waals surface area contributed by atoms with Crippen LogP contribution < -0.4 is 11.2 Å². The zero-order valence-corrected chi connectivity index (χ0v) is 18.4. The van der Waals surface area contributed by atoms with Gasteiger partial charge in [-0.1, -0.05) is 24.3 Å². The zero-order chi connectivity index (χ0) is 23.6. The van der Waals surface area contributed by atoms with Gasteiger partial charge in [-0.05, 0) is 37.3 Å². The number of para-hydroxylation sites is 1. The predicted octanol–water partition coefficient (Wildman–Crippen LogP) is 2.95. The summed E-state index contributed by atoms with van der Waals surface area (Å²) in [6, 6.07) is 11.4. The summed E-state index contributed by atoms with van der Waals surface area (Å²) in [5, 5.41) is 20.7. The predicted molar refractivity (Wildman–Crippen MR) is 124 cm³/mol. The molecule has 170 valence electrons. The molecule has 0 saturated heterocycles. The fourth-order valence-corrected chi connectivity index (χ4v) is 3.85. The Morgan fingerprint density at radius 3 is 2.79 bits per heavy atom. The SMILES string of the molecule is CC(N(N)C(=S)Nc1cnc2ccccc2c1)C(O)(Cn1cncn1)c1ccc(F)cc1F. The van der Waals surface area contributed by atoms with Crippen LogP contribution in [-0.4, -0.2) is 41.0 Å². The molecular formula is C22H21F2N7OS. The Labute approximate surface area is 193 Å². The van der Waals surface area contributed by atoms with Crippen LogP contribution >= 0.6 is 12.2 Å². The number of nitrogens with two attached hydrogens (primary N) is 1. The third-order valence-electron chi connectivity index (χ3n) is 5.45. The lowest BCUT2D eigenvalue weighted by atomic mass is 9.86. The van der Waals surface area contributed by atoms with Crippen LogP contribution in [0.1, 0.15) is 12.5 Å². The number of rotatable bonds is 6. The molecular weight excluding hydrogens is 448 g/mol. The molecule has 33 heavy (non-hydrogen) atoms. The molecule has 2 unspecified atom stereocenters. The van der Waals surface area contributed by atoms with Crippen molar-refractivity contribution in [2.75, 3.05) is 5.32 Å². The third kappa shape index (κ3) is 4.65. The number of pyridine rings is 1. The molecule has 4 aromatic rings. The summed E-state index contributed by atoms with van der Waals surface area (Å²) in [5.41, 5.74) is -0.680. The molecule has 4 rings (SSSR count). The van der Waals surface area contributed by atoms with E-state index in [1.807, 2.05) is 30.3 Å². The van der Waals surface area contributed by atoms with Gasteiger partial charge in [0, 0.05) is 17.0 Å². The van der Waals surface area contributed by atoms with Crippen LogP contribution in [0.3, 0.4) is 0 Å². The van der Waals surface area contributed by atoms with Crippen LogP contribution in [0.25, 0.3) is 10.9 Å². The largest absolute Gasteiger partial charge is 0.381 e. The van der Waals surface area contributed by atoms with Crippen molar-refractivity contribution in [3.05, 3.63) is 84.6 Å². The number of thiocarbonyl (C=S) groups is 1. The smallest absolute Gasteiger partial charge is 0.188 e. The normalized spacial score (nSPS) is 14.0. The van der Waals surface area contributed by atoms with E-state index in [-0.39, 0.29) is 17.2 Å². The first-order valence-corrected chi connectivity index (χ1v) is 10.4. The molecule has 0 bridgehead atoms. The Kier molecular flexibility index (Phi) is 6.27. The number of anilines is 1. The number of hydrazine groups is 1. The number of hydrogen-bond donors (Lipinski definition) is 3. The highest BCUT2D eigenvalue weighted by molar-refractivity contribution is 7.80. The lowest BCUT2D eigenvalue weighted by Crippen LogP contribution is -2.57. The third-order valence-corrected chi connectivity index (χ3v) is 5.76. The van der Waals surface area contributed by atoms with Crippen molar-refractivity contribution in [1.29, 1.82) is 0 Å². The number of fused-ring (bicyclic) bond motifs is 1. The van der Waals surface area contributed by atoms with E-state index in [4.69, 9.17) is 18.1 Å². The molecule has 2 aromatic carbocycles. The number of hydrogen-bond acceptors (Lipinski definition) is 6. The first kappa shape index (κ1) is 22.6. The van der Waals surface area contributed by atoms with Gasteiger partial charge in [-0.2, -0.15) is 5.10 Å². The fourth-order valence-electron chi connectivity index (χ4n) is 3.58. The zero-order valence-electron chi connectivity index (χ0n) is 17.6. The molecule has 2 atom stereocenters. The van der Waals surface area contributed by atoms with Crippen LogP contribution in [-0.2, 0) is 12.1 Å². The number of nitrogens with one attached hydrogen (secondary N) is 1. The van der Waals surface area contributed by atoms with E-state index in [0.29, 0.717) is 11.8 Å². The van der Waals surface area contributed by atoms with Gasteiger partial charge in [-0.3, -0.25) is 9.99 Å². The van der Waals surface area contributed by atoms with E-state index in [1.165, 1.54) is 23.4 Å². The topological polar surface area (TPSA) is 105 Å². The molecule has 0 aliphatic rings. The molecule has 4 N–H and O–H groups in total. The van der Waals surface area contributed by atoms with Gasteiger partial charge < -0.3 is 10.4 Å². The average Bonchev–Trinajstić information content (AvgIpc) is 3.30. The Morgan fingerprint density at radius 2 is 2.06 bits per heavy atom. The van der Waals surface area contributed by atoms with Crippen LogP contribution in [0.2, 0.25) is 0 Å². The van der Waals surface area contributed by atoms with Crippen LogP contribution in [0.15, 0.2) is 67.4 Å². The minimum absolute atomic E-state index is 0.0686. The van der Waals surface area contributed by atoms with Crippen molar-refractivity contribution in [3.63, 3.8) is 0 Å². The van der Waals surface area contributed by atoms with Gasteiger partial charge in [0.05, 0.1) is 30.0 Å². The number of aliphatic hydroxyl groups is 1. The maximum atomic E-state index is 14.7. The first-order valence-electron chi connectivity index (χ1n) is 9.98. The highest BCUT2D eigenvalue weighted by Crippen LogP contribution is 2.32. The van der Waals surface area contributed by atoms with Gasteiger partial charge in [0.15, 0.2) is 5.11 Å². The summed E-state index contributed by atoms with van der Waals surface area (Å²) >= 11 is 5.44. The van der Waals surface area contributed by atoms with Gasteiger partial charge >= 0.3 is 0 Å². The summed E-state index contributed by atoms with van der Waals surface area (Å²) in [7, 11) is 0. The molecule has 11 heteroatoms. The monoisotopic (exact) mass is 469 g/mol. The van der Waals surface area contributed by atoms with Crippen molar-refractivity contribution in [2.24, 2.45) is 5.84 Å². The second kappa shape index (κ2) is 9.14. The Hall–Kier alpha value is -3.54. The number of nitrogens with zero attached hydrogens (tertiary/aromatic N) is 5. The number of halogens is 2. The first-order chi connectivity index (χ1) is 15.8. The van der Waals surface area contributed by atoms with E-state index in [0.717, 1.165) is 22.0 Å². The minimum atomic E-state index is -1.94. The molecule has 8 nitrogen and oxygen atoms in total. The van der Waals surface area contributed by atoms with E-state index in [2.05, 4.69) is 20.4 Å². The van der Waals surface area contributed by atoms with Crippen molar-refractivity contribution < 1.29 is 13.9 Å². The molecule has 0 radical (unpaired) electrons. The molecule has 0 saturated carbocycles. The highest BCUT2D eigenvalue weighted by atomic mass is 32.1. The minimum Gasteiger partial charge on any atom is -0.381 e. The van der Waals surface area contributed by atoms with Crippen LogP contribution in [0.5, 0.6) is 0 Å². The van der Waals surface area contributed by atoms with Crippen molar-refractivity contribution in [1.82, 2.24) is 24.8 Å². The van der Waals surface area contributed by atoms with Gasteiger partial charge in [-0.15, -0.1) is 0 Å². The Balaban J connectivity index is 1.62. The average molecular weight is 470 g/mol. The Morgan fingerprint density at radius 1 is 1.27 bits per heavy atom. The second-order valence-electron chi connectivity index (χ2n) is 7.57. The van der Waals surface area contributed by atoms with Crippen molar-refractivity contribution in [3.8, 4) is 0 Å². The molecule has 2 heterocycles. The van der Waals surface area contributed by atoms with E-state index >= 15 is 0 Å².